The zero-order valence-electron chi connectivity index (χ0n) is 10.6. The van der Waals surface area contributed by atoms with E-state index in [0.29, 0.717) is 12.5 Å². The lowest BCUT2D eigenvalue weighted by Gasteiger charge is -2.06. The summed E-state index contributed by atoms with van der Waals surface area (Å²) in [6.07, 6.45) is 2.38. The Labute approximate surface area is 124 Å². The standard InChI is InChI=1S/C14H13BrN2O3/c15-10-3-9(14(18)19)4-11(5-10)16-7-12-6-13(17-20-12)8-1-2-8/h3-6,8,16H,1-2,7H2,(H,18,19). The molecule has 5 nitrogen and oxygen atoms in total. The number of carboxylic acids is 1. The average Bonchev–Trinajstić information content (AvgIpc) is 3.15. The number of carbonyl (C=O) groups is 1. The Morgan fingerprint density at radius 2 is 2.20 bits per heavy atom. The molecule has 1 aromatic heterocycles. The molecule has 1 saturated carbocycles. The van der Waals surface area contributed by atoms with Crippen molar-refractivity contribution >= 4 is 27.6 Å². The highest BCUT2D eigenvalue weighted by atomic mass is 79.9. The largest absolute Gasteiger partial charge is 0.478 e. The molecule has 0 radical (unpaired) electrons. The number of carboxylic acid groups (broad SMARTS) is 1. The van der Waals surface area contributed by atoms with Gasteiger partial charge in [-0.25, -0.2) is 4.79 Å². The molecule has 1 fully saturated rings. The van der Waals surface area contributed by atoms with Crippen molar-refractivity contribution in [3.8, 4) is 0 Å². The van der Waals surface area contributed by atoms with Gasteiger partial charge in [0.25, 0.3) is 0 Å². The third-order valence-electron chi connectivity index (χ3n) is 3.18. The predicted octanol–water partition coefficient (Wildman–Crippen LogP) is 3.62. The molecule has 1 aliphatic rings. The molecule has 104 valence electrons. The van der Waals surface area contributed by atoms with Crippen molar-refractivity contribution < 1.29 is 14.4 Å². The number of aromatic carboxylic acids is 1. The van der Waals surface area contributed by atoms with Gasteiger partial charge in [0.15, 0.2) is 5.76 Å². The summed E-state index contributed by atoms with van der Waals surface area (Å²) in [5, 5.41) is 16.2. The number of halogens is 1. The molecular weight excluding hydrogens is 324 g/mol. The lowest BCUT2D eigenvalue weighted by molar-refractivity contribution is 0.0697. The molecule has 0 unspecified atom stereocenters. The van der Waals surface area contributed by atoms with E-state index in [0.717, 1.165) is 21.6 Å². The Balaban J connectivity index is 1.69. The van der Waals surface area contributed by atoms with Crippen LogP contribution in [-0.4, -0.2) is 16.2 Å². The van der Waals surface area contributed by atoms with E-state index in [2.05, 4.69) is 26.4 Å². The molecule has 20 heavy (non-hydrogen) atoms. The number of nitrogens with one attached hydrogen (secondary N) is 1. The SMILES string of the molecule is O=C(O)c1cc(Br)cc(NCc2cc(C3CC3)no2)c1. The lowest BCUT2D eigenvalue weighted by atomic mass is 10.2. The van der Waals surface area contributed by atoms with E-state index < -0.39 is 5.97 Å². The zero-order valence-corrected chi connectivity index (χ0v) is 12.2. The minimum absolute atomic E-state index is 0.234. The van der Waals surface area contributed by atoms with E-state index in [-0.39, 0.29) is 5.56 Å². The second-order valence-electron chi connectivity index (χ2n) is 4.88. The topological polar surface area (TPSA) is 75.4 Å². The number of hydrogen-bond acceptors (Lipinski definition) is 4. The lowest BCUT2D eigenvalue weighted by Crippen LogP contribution is -2.01. The van der Waals surface area contributed by atoms with Crippen molar-refractivity contribution in [3.63, 3.8) is 0 Å². The van der Waals surface area contributed by atoms with Gasteiger partial charge in [0.05, 0.1) is 17.8 Å². The number of aromatic nitrogens is 1. The average molecular weight is 337 g/mol. The summed E-state index contributed by atoms with van der Waals surface area (Å²) >= 11 is 3.30. The maximum atomic E-state index is 11.0. The van der Waals surface area contributed by atoms with E-state index in [1.165, 1.54) is 12.8 Å². The second kappa shape index (κ2) is 5.28. The summed E-state index contributed by atoms with van der Waals surface area (Å²) in [7, 11) is 0. The van der Waals surface area contributed by atoms with Crippen molar-refractivity contribution in [2.75, 3.05) is 5.32 Å². The van der Waals surface area contributed by atoms with Crippen LogP contribution in [0.2, 0.25) is 0 Å². The van der Waals surface area contributed by atoms with Gasteiger partial charge < -0.3 is 14.9 Å². The number of hydrogen-bond donors (Lipinski definition) is 2. The molecule has 0 bridgehead atoms. The predicted molar refractivity (Wildman–Crippen MR) is 76.9 cm³/mol. The molecule has 2 N–H and O–H groups in total. The number of nitrogens with zero attached hydrogens (tertiary/aromatic N) is 1. The van der Waals surface area contributed by atoms with Gasteiger partial charge in [0.1, 0.15) is 0 Å². The Morgan fingerprint density at radius 1 is 1.40 bits per heavy atom. The molecule has 6 heteroatoms. The summed E-state index contributed by atoms with van der Waals surface area (Å²) in [5.74, 6) is 0.366. The van der Waals surface area contributed by atoms with Crippen LogP contribution < -0.4 is 5.32 Å². The molecule has 0 spiro atoms. The Morgan fingerprint density at radius 3 is 2.90 bits per heavy atom. The van der Waals surface area contributed by atoms with Crippen molar-refractivity contribution in [1.82, 2.24) is 5.16 Å². The van der Waals surface area contributed by atoms with Gasteiger partial charge in [-0.3, -0.25) is 0 Å². The summed E-state index contributed by atoms with van der Waals surface area (Å²) < 4.78 is 5.97. The fourth-order valence-electron chi connectivity index (χ4n) is 1.99. The molecule has 0 amide bonds. The molecule has 1 heterocycles. The van der Waals surface area contributed by atoms with Gasteiger partial charge in [-0.2, -0.15) is 0 Å². The summed E-state index contributed by atoms with van der Waals surface area (Å²) in [6.45, 7) is 0.481. The highest BCUT2D eigenvalue weighted by Crippen LogP contribution is 2.39. The molecule has 0 atom stereocenters. The number of rotatable bonds is 5. The third kappa shape index (κ3) is 3.01. The molecule has 0 saturated heterocycles. The minimum atomic E-state index is -0.954. The molecular formula is C14H13BrN2O3. The third-order valence-corrected chi connectivity index (χ3v) is 3.64. The van der Waals surface area contributed by atoms with Gasteiger partial charge in [0, 0.05) is 22.1 Å². The van der Waals surface area contributed by atoms with Crippen molar-refractivity contribution in [2.24, 2.45) is 0 Å². The molecule has 1 aromatic carbocycles. The van der Waals surface area contributed by atoms with Crippen LogP contribution >= 0.6 is 15.9 Å². The van der Waals surface area contributed by atoms with Gasteiger partial charge in [-0.1, -0.05) is 21.1 Å². The first-order chi connectivity index (χ1) is 9.61. The van der Waals surface area contributed by atoms with Crippen LogP contribution in [0, 0.1) is 0 Å². The molecule has 2 aromatic rings. The summed E-state index contributed by atoms with van der Waals surface area (Å²) in [6, 6.07) is 6.93. The highest BCUT2D eigenvalue weighted by molar-refractivity contribution is 9.10. The van der Waals surface area contributed by atoms with E-state index in [1.807, 2.05) is 12.1 Å². The minimum Gasteiger partial charge on any atom is -0.478 e. The summed E-state index contributed by atoms with van der Waals surface area (Å²) in [4.78, 5) is 11.0. The fraction of sp³-hybridized carbons (Fsp3) is 0.286. The van der Waals surface area contributed by atoms with Crippen molar-refractivity contribution in [1.29, 1.82) is 0 Å². The Kier molecular flexibility index (Phi) is 3.48. The maximum Gasteiger partial charge on any atom is 0.335 e. The maximum absolute atomic E-state index is 11.0. The van der Waals surface area contributed by atoms with Crippen LogP contribution in [0.3, 0.4) is 0 Å². The van der Waals surface area contributed by atoms with E-state index in [4.69, 9.17) is 9.63 Å². The highest BCUT2D eigenvalue weighted by Gasteiger charge is 2.26. The van der Waals surface area contributed by atoms with Crippen LogP contribution in [-0.2, 0) is 6.54 Å². The molecule has 1 aliphatic carbocycles. The van der Waals surface area contributed by atoms with Crippen LogP contribution in [0.1, 0.15) is 40.6 Å². The van der Waals surface area contributed by atoms with Crippen LogP contribution in [0.15, 0.2) is 33.3 Å². The van der Waals surface area contributed by atoms with Gasteiger partial charge in [-0.15, -0.1) is 0 Å². The fourth-order valence-corrected chi connectivity index (χ4v) is 2.48. The Bertz CT molecular complexity index is 650. The number of anilines is 1. The first-order valence-electron chi connectivity index (χ1n) is 6.35. The first kappa shape index (κ1) is 13.2. The zero-order chi connectivity index (χ0) is 14.1. The first-order valence-corrected chi connectivity index (χ1v) is 7.14. The van der Waals surface area contributed by atoms with E-state index in [9.17, 15) is 4.79 Å². The van der Waals surface area contributed by atoms with Crippen molar-refractivity contribution in [3.05, 3.63) is 45.8 Å². The smallest absolute Gasteiger partial charge is 0.335 e. The van der Waals surface area contributed by atoms with Gasteiger partial charge >= 0.3 is 5.97 Å². The number of benzene rings is 1. The second-order valence-corrected chi connectivity index (χ2v) is 5.80. The van der Waals surface area contributed by atoms with Gasteiger partial charge in [0.2, 0.25) is 0 Å². The van der Waals surface area contributed by atoms with Crippen LogP contribution in [0.5, 0.6) is 0 Å². The van der Waals surface area contributed by atoms with Crippen LogP contribution in [0.4, 0.5) is 5.69 Å². The molecule has 0 aliphatic heterocycles. The molecule has 3 rings (SSSR count). The summed E-state index contributed by atoms with van der Waals surface area (Å²) in [5.41, 5.74) is 1.97. The van der Waals surface area contributed by atoms with Crippen LogP contribution in [0.25, 0.3) is 0 Å². The van der Waals surface area contributed by atoms with Crippen molar-refractivity contribution in [2.45, 2.75) is 25.3 Å². The van der Waals surface area contributed by atoms with Gasteiger partial charge in [-0.05, 0) is 31.0 Å². The monoisotopic (exact) mass is 336 g/mol. The quantitative estimate of drug-likeness (QED) is 0.871. The van der Waals surface area contributed by atoms with E-state index in [1.54, 1.807) is 12.1 Å². The van der Waals surface area contributed by atoms with E-state index >= 15 is 0 Å². The Hall–Kier alpha value is -1.82. The normalized spacial score (nSPS) is 14.2.